The number of rotatable bonds is 4. The van der Waals surface area contributed by atoms with Crippen LogP contribution in [0.3, 0.4) is 0 Å². The van der Waals surface area contributed by atoms with Crippen LogP contribution >= 0.6 is 11.3 Å². The van der Waals surface area contributed by atoms with Gasteiger partial charge in [0.1, 0.15) is 4.88 Å². The van der Waals surface area contributed by atoms with Crippen LogP contribution in [0.4, 0.5) is 0 Å². The second-order valence-electron chi connectivity index (χ2n) is 7.11. The lowest BCUT2D eigenvalue weighted by Crippen LogP contribution is -2.34. The third-order valence-electron chi connectivity index (χ3n) is 4.09. The Bertz CT molecular complexity index is 497. The van der Waals surface area contributed by atoms with Gasteiger partial charge in [-0.3, -0.25) is 0 Å². The zero-order valence-corrected chi connectivity index (χ0v) is 14.3. The Kier molecular flexibility index (Phi) is 5.04. The van der Waals surface area contributed by atoms with Crippen molar-refractivity contribution in [3.63, 3.8) is 0 Å². The van der Waals surface area contributed by atoms with Gasteiger partial charge in [-0.2, -0.15) is 0 Å². The molecule has 21 heavy (non-hydrogen) atoms. The summed E-state index contributed by atoms with van der Waals surface area (Å²) < 4.78 is 0. The number of aromatic nitrogens is 1. The van der Waals surface area contributed by atoms with Crippen LogP contribution in [0.2, 0.25) is 0 Å². The van der Waals surface area contributed by atoms with E-state index in [1.807, 2.05) is 20.8 Å². The number of likely N-dealkylation sites (tertiary alicyclic amines) is 1. The molecule has 118 valence electrons. The summed E-state index contributed by atoms with van der Waals surface area (Å²) in [4.78, 5) is 18.9. The van der Waals surface area contributed by atoms with Crippen molar-refractivity contribution in [2.45, 2.75) is 52.4 Å². The van der Waals surface area contributed by atoms with Crippen LogP contribution in [0.1, 0.15) is 60.9 Å². The molecule has 1 saturated heterocycles. The molecule has 0 bridgehead atoms. The average molecular weight is 310 g/mol. The maximum absolute atomic E-state index is 11.4. The van der Waals surface area contributed by atoms with E-state index >= 15 is 0 Å². The van der Waals surface area contributed by atoms with E-state index in [4.69, 9.17) is 0 Å². The first-order valence-corrected chi connectivity index (χ1v) is 8.55. The van der Waals surface area contributed by atoms with Gasteiger partial charge >= 0.3 is 5.97 Å². The van der Waals surface area contributed by atoms with Gasteiger partial charge in [0.05, 0.1) is 10.7 Å². The summed E-state index contributed by atoms with van der Waals surface area (Å²) in [6, 6.07) is 0. The quantitative estimate of drug-likeness (QED) is 0.926. The largest absolute Gasteiger partial charge is 0.477 e. The molecule has 0 spiro atoms. The maximum Gasteiger partial charge on any atom is 0.347 e. The number of piperidine rings is 1. The van der Waals surface area contributed by atoms with Gasteiger partial charge in [0.25, 0.3) is 0 Å². The van der Waals surface area contributed by atoms with Gasteiger partial charge in [0, 0.05) is 18.4 Å². The Morgan fingerprint density at radius 2 is 2.00 bits per heavy atom. The van der Waals surface area contributed by atoms with Crippen molar-refractivity contribution < 1.29 is 9.90 Å². The SMILES string of the molecule is CC1CCN(CCc2nc(C(C)(C)C)c(C(=O)O)s2)CC1. The smallest absolute Gasteiger partial charge is 0.347 e. The standard InChI is InChI=1S/C16H26N2O2S/c1-11-5-8-18(9-6-11)10-7-12-17-14(16(2,3)4)13(21-12)15(19)20/h11H,5-10H2,1-4H3,(H,19,20). The van der Waals surface area contributed by atoms with Gasteiger partial charge in [-0.05, 0) is 31.8 Å². The molecule has 0 amide bonds. The van der Waals surface area contributed by atoms with Crippen LogP contribution in [-0.4, -0.2) is 40.6 Å². The molecule has 0 atom stereocenters. The van der Waals surface area contributed by atoms with E-state index in [0.29, 0.717) is 4.88 Å². The van der Waals surface area contributed by atoms with Gasteiger partial charge < -0.3 is 10.0 Å². The number of nitrogens with zero attached hydrogens (tertiary/aromatic N) is 2. The van der Waals surface area contributed by atoms with Crippen LogP contribution < -0.4 is 0 Å². The predicted molar refractivity (Wildman–Crippen MR) is 86.3 cm³/mol. The number of carbonyl (C=O) groups is 1. The molecule has 2 rings (SSSR count). The summed E-state index contributed by atoms with van der Waals surface area (Å²) >= 11 is 1.35. The number of thiazole rings is 1. The highest BCUT2D eigenvalue weighted by atomic mass is 32.1. The molecule has 1 aliphatic heterocycles. The van der Waals surface area contributed by atoms with Crippen molar-refractivity contribution in [2.24, 2.45) is 5.92 Å². The normalized spacial score (nSPS) is 18.1. The molecule has 1 fully saturated rings. The van der Waals surface area contributed by atoms with Crippen LogP contribution in [0.5, 0.6) is 0 Å². The lowest BCUT2D eigenvalue weighted by molar-refractivity contribution is 0.0699. The summed E-state index contributed by atoms with van der Waals surface area (Å²) in [5, 5.41) is 10.3. The Balaban J connectivity index is 2.02. The van der Waals surface area contributed by atoms with E-state index in [1.54, 1.807) is 0 Å². The van der Waals surface area contributed by atoms with E-state index in [9.17, 15) is 9.90 Å². The number of carboxylic acid groups (broad SMARTS) is 1. The van der Waals surface area contributed by atoms with Crippen molar-refractivity contribution in [1.82, 2.24) is 9.88 Å². The molecule has 1 aromatic rings. The van der Waals surface area contributed by atoms with Gasteiger partial charge in [-0.25, -0.2) is 9.78 Å². The molecule has 0 aliphatic carbocycles. The zero-order chi connectivity index (χ0) is 15.6. The Morgan fingerprint density at radius 1 is 1.38 bits per heavy atom. The molecule has 0 radical (unpaired) electrons. The highest BCUT2D eigenvalue weighted by Crippen LogP contribution is 2.30. The number of aromatic carboxylic acids is 1. The molecule has 4 nitrogen and oxygen atoms in total. The molecule has 2 heterocycles. The van der Waals surface area contributed by atoms with Crippen molar-refractivity contribution in [2.75, 3.05) is 19.6 Å². The lowest BCUT2D eigenvalue weighted by Gasteiger charge is -2.29. The minimum atomic E-state index is -0.851. The third kappa shape index (κ3) is 4.27. The molecule has 1 N–H and O–H groups in total. The molecular formula is C16H26N2O2S. The first-order chi connectivity index (χ1) is 9.77. The molecule has 0 unspecified atom stereocenters. The third-order valence-corrected chi connectivity index (χ3v) is 5.20. The molecular weight excluding hydrogens is 284 g/mol. The van der Waals surface area contributed by atoms with Gasteiger partial charge in [0.15, 0.2) is 0 Å². The highest BCUT2D eigenvalue weighted by molar-refractivity contribution is 7.13. The van der Waals surface area contributed by atoms with Crippen LogP contribution in [0, 0.1) is 5.92 Å². The van der Waals surface area contributed by atoms with Gasteiger partial charge in [-0.1, -0.05) is 27.7 Å². The van der Waals surface area contributed by atoms with Crippen molar-refractivity contribution in [3.05, 3.63) is 15.6 Å². The zero-order valence-electron chi connectivity index (χ0n) is 13.5. The van der Waals surface area contributed by atoms with E-state index < -0.39 is 5.97 Å². The number of carboxylic acids is 1. The molecule has 0 saturated carbocycles. The van der Waals surface area contributed by atoms with E-state index in [-0.39, 0.29) is 5.41 Å². The predicted octanol–water partition coefficient (Wildman–Crippen LogP) is 3.41. The minimum Gasteiger partial charge on any atom is -0.477 e. The molecule has 1 aliphatic rings. The summed E-state index contributed by atoms with van der Waals surface area (Å²) in [5.74, 6) is -0.0114. The lowest BCUT2D eigenvalue weighted by atomic mass is 9.91. The monoisotopic (exact) mass is 310 g/mol. The second-order valence-corrected chi connectivity index (χ2v) is 8.20. The van der Waals surface area contributed by atoms with Gasteiger partial charge in [-0.15, -0.1) is 11.3 Å². The van der Waals surface area contributed by atoms with Crippen LogP contribution in [0.25, 0.3) is 0 Å². The highest BCUT2D eigenvalue weighted by Gasteiger charge is 2.27. The van der Waals surface area contributed by atoms with E-state index in [2.05, 4.69) is 16.8 Å². The van der Waals surface area contributed by atoms with Crippen LogP contribution in [-0.2, 0) is 11.8 Å². The van der Waals surface area contributed by atoms with Crippen molar-refractivity contribution >= 4 is 17.3 Å². The van der Waals surface area contributed by atoms with E-state index in [0.717, 1.165) is 42.7 Å². The van der Waals surface area contributed by atoms with Crippen LogP contribution in [0.15, 0.2) is 0 Å². The van der Waals surface area contributed by atoms with Crippen molar-refractivity contribution in [3.8, 4) is 0 Å². The number of hydrogen-bond acceptors (Lipinski definition) is 4. The molecule has 5 heteroatoms. The first-order valence-electron chi connectivity index (χ1n) is 7.73. The van der Waals surface area contributed by atoms with Gasteiger partial charge in [0.2, 0.25) is 0 Å². The number of hydrogen-bond donors (Lipinski definition) is 1. The summed E-state index contributed by atoms with van der Waals surface area (Å²) in [6.45, 7) is 11.7. The minimum absolute atomic E-state index is 0.219. The Labute approximate surface area is 131 Å². The molecule has 0 aromatic carbocycles. The summed E-state index contributed by atoms with van der Waals surface area (Å²) in [5.41, 5.74) is 0.505. The fraction of sp³-hybridized carbons (Fsp3) is 0.750. The Morgan fingerprint density at radius 3 is 2.48 bits per heavy atom. The average Bonchev–Trinajstić information content (AvgIpc) is 2.82. The summed E-state index contributed by atoms with van der Waals surface area (Å²) in [6.07, 6.45) is 3.40. The second kappa shape index (κ2) is 6.44. The maximum atomic E-state index is 11.4. The topological polar surface area (TPSA) is 53.4 Å². The first kappa shape index (κ1) is 16.4. The fourth-order valence-electron chi connectivity index (χ4n) is 2.66. The van der Waals surface area contributed by atoms with E-state index in [1.165, 1.54) is 24.2 Å². The fourth-order valence-corrected chi connectivity index (χ4v) is 3.77. The van der Waals surface area contributed by atoms with Crippen molar-refractivity contribution in [1.29, 1.82) is 0 Å². The summed E-state index contributed by atoms with van der Waals surface area (Å²) in [7, 11) is 0. The Hall–Kier alpha value is -0.940. The molecule has 1 aromatic heterocycles.